The molecule has 0 saturated carbocycles. The topological polar surface area (TPSA) is 35.5 Å². The van der Waals surface area contributed by atoms with Gasteiger partial charge in [0.1, 0.15) is 0 Å². The molecule has 0 radical (unpaired) electrons. The van der Waals surface area contributed by atoms with Crippen molar-refractivity contribution < 1.29 is 14.3 Å². The largest absolute Gasteiger partial charge is 0.466 e. The van der Waals surface area contributed by atoms with Gasteiger partial charge in [-0.25, -0.2) is 0 Å². The molecule has 0 N–H and O–H groups in total. The van der Waals surface area contributed by atoms with E-state index >= 15 is 0 Å². The second-order valence-corrected chi connectivity index (χ2v) is 8.65. The van der Waals surface area contributed by atoms with E-state index in [0.29, 0.717) is 19.6 Å². The summed E-state index contributed by atoms with van der Waals surface area (Å²) in [5.74, 6) is -0.319. The van der Waals surface area contributed by atoms with E-state index < -0.39 is 0 Å². The first-order chi connectivity index (χ1) is 13.3. The maximum atomic E-state index is 12.6. The molecule has 0 aliphatic heterocycles. The molecule has 3 heteroatoms. The molecule has 2 aromatic carbocycles. The average Bonchev–Trinajstić information content (AvgIpc) is 2.65. The average molecular weight is 383 g/mol. The minimum atomic E-state index is -0.192. The van der Waals surface area contributed by atoms with Crippen molar-refractivity contribution >= 4 is 5.97 Å². The highest BCUT2D eigenvalue weighted by atomic mass is 16.5. The second kappa shape index (κ2) is 10.4. The normalized spacial score (nSPS) is 13.8. The molecule has 3 nitrogen and oxygen atoms in total. The molecule has 0 bridgehead atoms. The number of benzene rings is 2. The van der Waals surface area contributed by atoms with Gasteiger partial charge in [-0.2, -0.15) is 0 Å². The number of aryl methyl sites for hydroxylation is 1. The van der Waals surface area contributed by atoms with Crippen molar-refractivity contribution in [1.82, 2.24) is 0 Å². The Morgan fingerprint density at radius 2 is 1.64 bits per heavy atom. The van der Waals surface area contributed by atoms with Crippen LogP contribution in [0.15, 0.2) is 54.6 Å². The van der Waals surface area contributed by atoms with Crippen LogP contribution in [0.5, 0.6) is 0 Å². The van der Waals surface area contributed by atoms with Crippen LogP contribution in [0.25, 0.3) is 0 Å². The Balaban J connectivity index is 2.18. The summed E-state index contributed by atoms with van der Waals surface area (Å²) in [6.45, 7) is 11.3. The molecule has 0 aromatic heterocycles. The standard InChI is InChI=1S/C25H34O3/c1-6-27-24(26)22(17-25(3,4)5)16-23(21-10-8-7-9-11-21)28-18-20-14-12-19(2)13-15-20/h7-15,22-23H,6,16-18H2,1-5H3/t22-,23+/m1/s1. The molecule has 2 atom stereocenters. The highest BCUT2D eigenvalue weighted by Crippen LogP contribution is 2.34. The van der Waals surface area contributed by atoms with Gasteiger partial charge in [0.2, 0.25) is 0 Å². The van der Waals surface area contributed by atoms with Crippen molar-refractivity contribution in [3.8, 4) is 0 Å². The maximum Gasteiger partial charge on any atom is 0.309 e. The monoisotopic (exact) mass is 382 g/mol. The van der Waals surface area contributed by atoms with Gasteiger partial charge in [-0.1, -0.05) is 80.9 Å². The van der Waals surface area contributed by atoms with Gasteiger partial charge in [0.05, 0.1) is 25.2 Å². The zero-order valence-corrected chi connectivity index (χ0v) is 17.9. The molecule has 0 spiro atoms. The van der Waals surface area contributed by atoms with E-state index in [0.717, 1.165) is 17.5 Å². The molecule has 2 aromatic rings. The van der Waals surface area contributed by atoms with Crippen LogP contribution >= 0.6 is 0 Å². The second-order valence-electron chi connectivity index (χ2n) is 8.65. The van der Waals surface area contributed by atoms with Gasteiger partial charge < -0.3 is 9.47 Å². The third-order valence-corrected chi connectivity index (χ3v) is 4.72. The Morgan fingerprint density at radius 1 is 1.00 bits per heavy atom. The number of rotatable bonds is 9. The third-order valence-electron chi connectivity index (χ3n) is 4.72. The summed E-state index contributed by atoms with van der Waals surface area (Å²) in [6, 6.07) is 18.5. The van der Waals surface area contributed by atoms with Crippen molar-refractivity contribution in [3.63, 3.8) is 0 Å². The molecule has 0 heterocycles. The lowest BCUT2D eigenvalue weighted by Gasteiger charge is -2.28. The third kappa shape index (κ3) is 7.47. The van der Waals surface area contributed by atoms with Gasteiger partial charge in [-0.3, -0.25) is 4.79 Å². The van der Waals surface area contributed by atoms with E-state index in [4.69, 9.17) is 9.47 Å². The number of hydrogen-bond acceptors (Lipinski definition) is 3. The number of hydrogen-bond donors (Lipinski definition) is 0. The fourth-order valence-corrected chi connectivity index (χ4v) is 3.37. The molecule has 28 heavy (non-hydrogen) atoms. The van der Waals surface area contributed by atoms with Crippen LogP contribution in [0.1, 0.15) is 63.3 Å². The summed E-state index contributed by atoms with van der Waals surface area (Å²) in [4.78, 5) is 12.6. The van der Waals surface area contributed by atoms with E-state index in [1.807, 2.05) is 25.1 Å². The minimum absolute atomic E-state index is 0.0373. The summed E-state index contributed by atoms with van der Waals surface area (Å²) in [5.41, 5.74) is 3.50. The van der Waals surface area contributed by atoms with E-state index in [9.17, 15) is 4.79 Å². The van der Waals surface area contributed by atoms with Gasteiger partial charge >= 0.3 is 5.97 Å². The summed E-state index contributed by atoms with van der Waals surface area (Å²) >= 11 is 0. The Bertz CT molecular complexity index is 714. The lowest BCUT2D eigenvalue weighted by molar-refractivity contribution is -0.151. The molecule has 0 saturated heterocycles. The van der Waals surface area contributed by atoms with Crippen molar-refractivity contribution in [2.75, 3.05) is 6.61 Å². The van der Waals surface area contributed by atoms with Crippen LogP contribution in [-0.4, -0.2) is 12.6 Å². The van der Waals surface area contributed by atoms with Crippen LogP contribution in [0.4, 0.5) is 0 Å². The SMILES string of the molecule is CCOC(=O)[C@H](C[C@H](OCc1ccc(C)cc1)c1ccccc1)CC(C)(C)C. The first-order valence-corrected chi connectivity index (χ1v) is 10.2. The summed E-state index contributed by atoms with van der Waals surface area (Å²) < 4.78 is 11.7. The highest BCUT2D eigenvalue weighted by Gasteiger charge is 2.29. The maximum absolute atomic E-state index is 12.6. The fraction of sp³-hybridized carbons (Fsp3) is 0.480. The van der Waals surface area contributed by atoms with Gasteiger partial charge in [0.25, 0.3) is 0 Å². The Kier molecular flexibility index (Phi) is 8.25. The van der Waals surface area contributed by atoms with Crippen LogP contribution in [0.3, 0.4) is 0 Å². The first kappa shape index (κ1) is 22.2. The highest BCUT2D eigenvalue weighted by molar-refractivity contribution is 5.72. The summed E-state index contributed by atoms with van der Waals surface area (Å²) in [5, 5.41) is 0. The predicted octanol–water partition coefficient (Wildman–Crippen LogP) is 6.26. The molecular weight excluding hydrogens is 348 g/mol. The predicted molar refractivity (Wildman–Crippen MR) is 114 cm³/mol. The molecule has 0 aliphatic carbocycles. The van der Waals surface area contributed by atoms with Crippen LogP contribution in [0, 0.1) is 18.3 Å². The van der Waals surface area contributed by atoms with Crippen LogP contribution < -0.4 is 0 Å². The van der Waals surface area contributed by atoms with Gasteiger partial charge in [0.15, 0.2) is 0 Å². The molecular formula is C25H34O3. The number of carbonyl (C=O) groups is 1. The molecule has 152 valence electrons. The Hall–Kier alpha value is -2.13. The minimum Gasteiger partial charge on any atom is -0.466 e. The van der Waals surface area contributed by atoms with Gasteiger partial charge in [-0.05, 0) is 43.2 Å². The van der Waals surface area contributed by atoms with Crippen molar-refractivity contribution in [1.29, 1.82) is 0 Å². The number of carbonyl (C=O) groups excluding carboxylic acids is 1. The van der Waals surface area contributed by atoms with Gasteiger partial charge in [0, 0.05) is 0 Å². The molecule has 0 amide bonds. The van der Waals surface area contributed by atoms with E-state index in [-0.39, 0.29) is 23.4 Å². The first-order valence-electron chi connectivity index (χ1n) is 10.2. The zero-order valence-electron chi connectivity index (χ0n) is 17.9. The van der Waals surface area contributed by atoms with E-state index in [1.54, 1.807) is 0 Å². The van der Waals surface area contributed by atoms with E-state index in [1.165, 1.54) is 5.56 Å². The van der Waals surface area contributed by atoms with Crippen LogP contribution in [0.2, 0.25) is 0 Å². The molecule has 2 rings (SSSR count). The molecule has 0 aliphatic rings. The molecule has 0 unspecified atom stereocenters. The Morgan fingerprint density at radius 3 is 2.21 bits per heavy atom. The summed E-state index contributed by atoms with van der Waals surface area (Å²) in [6.07, 6.45) is 1.23. The summed E-state index contributed by atoms with van der Waals surface area (Å²) in [7, 11) is 0. The van der Waals surface area contributed by atoms with Crippen molar-refractivity contribution in [3.05, 3.63) is 71.3 Å². The van der Waals surface area contributed by atoms with Crippen LogP contribution in [-0.2, 0) is 20.9 Å². The van der Waals surface area contributed by atoms with E-state index in [2.05, 4.69) is 64.1 Å². The van der Waals surface area contributed by atoms with Gasteiger partial charge in [-0.15, -0.1) is 0 Å². The van der Waals surface area contributed by atoms with Crippen molar-refractivity contribution in [2.24, 2.45) is 11.3 Å². The van der Waals surface area contributed by atoms with Crippen molar-refractivity contribution in [2.45, 2.75) is 60.2 Å². The zero-order chi connectivity index (χ0) is 20.6. The lowest BCUT2D eigenvalue weighted by Crippen LogP contribution is -2.26. The Labute approximate surface area is 170 Å². The smallest absolute Gasteiger partial charge is 0.309 e. The molecule has 0 fully saturated rings. The fourth-order valence-electron chi connectivity index (χ4n) is 3.37. The number of ether oxygens (including phenoxy) is 2. The lowest BCUT2D eigenvalue weighted by atomic mass is 9.81. The quantitative estimate of drug-likeness (QED) is 0.480. The number of esters is 1.